The topological polar surface area (TPSA) is 18.6 Å². The number of halogens is 9. The van der Waals surface area contributed by atoms with E-state index in [-0.39, 0.29) is 0 Å². The van der Waals surface area contributed by atoms with Crippen molar-refractivity contribution in [3.05, 3.63) is 63.1 Å². The number of hydrazine groups is 1. The summed E-state index contributed by atoms with van der Waals surface area (Å²) in [4.78, 5) is 4.95. The Morgan fingerprint density at radius 2 is 1.31 bits per heavy atom. The second-order valence-electron chi connectivity index (χ2n) is 7.54. The van der Waals surface area contributed by atoms with Crippen LogP contribution < -0.4 is 5.01 Å². The number of aliphatic imine (C=N–C) groups is 1. The molecule has 3 rings (SSSR count). The molecule has 0 N–H and O–H groups in total. The predicted octanol–water partition coefficient (Wildman–Crippen LogP) is 9.81. The van der Waals surface area contributed by atoms with E-state index < -0.39 is 14.8 Å². The van der Waals surface area contributed by atoms with Gasteiger partial charge in [-0.1, -0.05) is 74.8 Å². The van der Waals surface area contributed by atoms with Crippen LogP contribution in [0, 0.1) is 0 Å². The van der Waals surface area contributed by atoms with Gasteiger partial charge in [0.05, 0.1) is 10.0 Å². The van der Waals surface area contributed by atoms with Crippen LogP contribution in [0.15, 0.2) is 47.5 Å². The molecule has 1 aliphatic heterocycles. The van der Waals surface area contributed by atoms with Crippen molar-refractivity contribution < 1.29 is 4.68 Å². The second kappa shape index (κ2) is 9.47. The third kappa shape index (κ3) is 8.90. The number of anilines is 1. The molecule has 0 saturated heterocycles. The van der Waals surface area contributed by atoms with Gasteiger partial charge in [0, 0.05) is 38.3 Å². The zero-order chi connectivity index (χ0) is 24.8. The summed E-state index contributed by atoms with van der Waals surface area (Å²) in [5.74, 6) is 0.790. The van der Waals surface area contributed by atoms with Crippen molar-refractivity contribution in [1.82, 2.24) is 0 Å². The Morgan fingerprint density at radius 3 is 1.72 bits per heavy atom. The molecule has 2 aromatic rings. The van der Waals surface area contributed by atoms with E-state index in [1.165, 1.54) is 0 Å². The van der Waals surface area contributed by atoms with Gasteiger partial charge in [-0.25, -0.2) is 0 Å². The van der Waals surface area contributed by atoms with Gasteiger partial charge in [0.2, 0.25) is 5.84 Å². The number of amidine groups is 1. The number of hydrogen-bond acceptors (Lipinski definition) is 2. The van der Waals surface area contributed by atoms with Crippen molar-refractivity contribution in [2.75, 3.05) is 5.01 Å². The van der Waals surface area contributed by atoms with E-state index in [4.69, 9.17) is 92.8 Å². The maximum atomic E-state index is 6.53. The summed E-state index contributed by atoms with van der Waals surface area (Å²) in [5, 5.41) is 3.43. The Balaban J connectivity index is 0.000000451. The molecular weight excluding hydrogens is 711 g/mol. The normalized spacial score (nSPS) is 17.7. The van der Waals surface area contributed by atoms with Gasteiger partial charge in [-0.3, -0.25) is 0 Å². The number of rotatable bonds is 2. The van der Waals surface area contributed by atoms with Crippen LogP contribution in [0.3, 0.4) is 0 Å². The second-order valence-corrected chi connectivity index (χ2v) is 65.7. The molecule has 0 aromatic heterocycles. The van der Waals surface area contributed by atoms with Crippen molar-refractivity contribution in [3.63, 3.8) is 0 Å². The standard InChI is InChI=1S/C19H19Cl3N3.6ClH.Sb/c1-12(2)25-19(3,4)23-18(13-8-6-5-7-9-13)24(25)17-15(21)10-14(20)11-16(17)22;;;;;;;/h5-11H,1-4H3;6*1H;/q+1;;;;;;;+5/p-6. The Kier molecular flexibility index (Phi) is 8.65. The van der Waals surface area contributed by atoms with E-state index in [0.29, 0.717) is 20.8 Å². The summed E-state index contributed by atoms with van der Waals surface area (Å²) in [7, 11) is 25.0. The maximum absolute atomic E-state index is 6.53. The molecule has 0 amide bonds. The van der Waals surface area contributed by atoms with Gasteiger partial charge >= 0.3 is 62.1 Å². The van der Waals surface area contributed by atoms with Crippen LogP contribution in [0.4, 0.5) is 5.69 Å². The van der Waals surface area contributed by atoms with Crippen LogP contribution in [-0.2, 0) is 0 Å². The molecule has 0 unspecified atom stereocenters. The number of benzene rings is 2. The van der Waals surface area contributed by atoms with Gasteiger partial charge in [0.1, 0.15) is 5.69 Å². The quantitative estimate of drug-likeness (QED) is 0.223. The molecule has 0 bridgehead atoms. The Hall–Kier alpha value is 1.01. The SMILES string of the molecule is CC(C)=[N+]1N(c2c(Cl)cc(Cl)cc2Cl)C(c2ccccc2)=NC1(C)C.[Cl][Sb-]([Cl])([Cl])([Cl])([Cl])[Cl]. The molecule has 0 spiro atoms. The third-order valence-electron chi connectivity index (χ3n) is 3.95. The fourth-order valence-electron chi connectivity index (χ4n) is 3.16. The summed E-state index contributed by atoms with van der Waals surface area (Å²) in [6, 6.07) is 13.4. The molecule has 1 aliphatic rings. The van der Waals surface area contributed by atoms with Crippen LogP contribution in [0.1, 0.15) is 33.3 Å². The molecule has 2 aromatic carbocycles. The van der Waals surface area contributed by atoms with E-state index in [0.717, 1.165) is 17.1 Å². The molecule has 0 radical (unpaired) electrons. The summed E-state index contributed by atoms with van der Waals surface area (Å²) >= 11 is 19.2. The monoisotopic (exact) mass is 725 g/mol. The van der Waals surface area contributed by atoms with Gasteiger partial charge in [0.25, 0.3) is 5.66 Å². The van der Waals surface area contributed by atoms with Gasteiger partial charge in [-0.2, -0.15) is 4.99 Å². The summed E-state index contributed by atoms with van der Waals surface area (Å²) in [6.07, 6.45) is 0. The van der Waals surface area contributed by atoms with Crippen molar-refractivity contribution in [1.29, 1.82) is 0 Å². The van der Waals surface area contributed by atoms with E-state index in [2.05, 4.69) is 18.5 Å². The molecule has 178 valence electrons. The summed E-state index contributed by atoms with van der Waals surface area (Å²) in [5.41, 5.74) is 2.25. The molecule has 0 atom stereocenters. The molecule has 0 aliphatic carbocycles. The first-order valence-corrected chi connectivity index (χ1v) is 29.5. The average Bonchev–Trinajstić information content (AvgIpc) is 2.83. The van der Waals surface area contributed by atoms with Crippen molar-refractivity contribution in [3.8, 4) is 0 Å². The van der Waals surface area contributed by atoms with Crippen LogP contribution in [0.5, 0.6) is 0 Å². The molecular formula is C19H19Cl9N3Sb. The average molecular weight is 730 g/mol. The Morgan fingerprint density at radius 1 is 0.875 bits per heavy atom. The Bertz CT molecular complexity index is 1050. The zero-order valence-corrected chi connectivity index (χ0v) is 26.6. The fourth-order valence-corrected chi connectivity index (χ4v) is 4.13. The van der Waals surface area contributed by atoms with E-state index in [9.17, 15) is 0 Å². The minimum absolute atomic E-state index is 0.476. The first-order chi connectivity index (χ1) is 14.2. The van der Waals surface area contributed by atoms with E-state index in [1.54, 1.807) is 12.1 Å². The summed E-state index contributed by atoms with van der Waals surface area (Å²) < 4.78 is 2.09. The fraction of sp³-hybridized carbons (Fsp3) is 0.263. The number of hydrogen-bond donors (Lipinski definition) is 0. The van der Waals surface area contributed by atoms with Crippen molar-refractivity contribution in [2.24, 2.45) is 4.99 Å². The minimum atomic E-state index is -5.42. The third-order valence-corrected chi connectivity index (χ3v) is 4.74. The molecule has 0 fully saturated rings. The van der Waals surface area contributed by atoms with Gasteiger partial charge in [0.15, 0.2) is 5.71 Å². The zero-order valence-electron chi connectivity index (χ0n) is 17.2. The van der Waals surface area contributed by atoms with Crippen LogP contribution in [0.25, 0.3) is 0 Å². The van der Waals surface area contributed by atoms with E-state index in [1.807, 2.05) is 49.2 Å². The van der Waals surface area contributed by atoms with Crippen LogP contribution in [0.2, 0.25) is 15.1 Å². The molecule has 0 saturated carbocycles. The van der Waals surface area contributed by atoms with Gasteiger partial charge in [-0.15, -0.1) is 0 Å². The Labute approximate surface area is 222 Å². The van der Waals surface area contributed by atoms with Gasteiger partial charge < -0.3 is 0 Å². The first kappa shape index (κ1) is 29.2. The van der Waals surface area contributed by atoms with Gasteiger partial charge in [-0.05, 0) is 12.1 Å². The van der Waals surface area contributed by atoms with Crippen LogP contribution >= 0.6 is 87.8 Å². The molecule has 3 nitrogen and oxygen atoms in total. The van der Waals surface area contributed by atoms with Crippen molar-refractivity contribution >= 4 is 114 Å². The van der Waals surface area contributed by atoms with Crippen LogP contribution in [-0.4, -0.2) is 31.0 Å². The van der Waals surface area contributed by atoms with E-state index >= 15 is 0 Å². The summed E-state index contributed by atoms with van der Waals surface area (Å²) in [6.45, 7) is 8.19. The molecule has 1 heterocycles. The number of hydrazone groups is 1. The molecule has 13 heteroatoms. The predicted molar refractivity (Wildman–Crippen MR) is 148 cm³/mol. The molecule has 32 heavy (non-hydrogen) atoms. The first-order valence-electron chi connectivity index (χ1n) is 8.94. The van der Waals surface area contributed by atoms with Crippen molar-refractivity contribution in [2.45, 2.75) is 33.4 Å². The number of nitrogens with zero attached hydrogens (tertiary/aromatic N) is 3.